The van der Waals surface area contributed by atoms with E-state index in [2.05, 4.69) is 27.8 Å². The Morgan fingerprint density at radius 3 is 2.94 bits per heavy atom. The molecule has 0 aromatic heterocycles. The van der Waals surface area contributed by atoms with Crippen LogP contribution >= 0.6 is 15.9 Å². The quantitative estimate of drug-likeness (QED) is 0.616. The van der Waals surface area contributed by atoms with Crippen LogP contribution in [0.4, 0.5) is 4.39 Å². The SMILES string of the molecule is C=C(C)COCCNCc1ccc(F)c(Br)c1. The van der Waals surface area contributed by atoms with E-state index in [9.17, 15) is 4.39 Å². The van der Waals surface area contributed by atoms with Gasteiger partial charge in [0, 0.05) is 13.1 Å². The molecule has 0 fully saturated rings. The molecule has 0 aliphatic carbocycles. The fraction of sp³-hybridized carbons (Fsp3) is 0.385. The summed E-state index contributed by atoms with van der Waals surface area (Å²) in [5.41, 5.74) is 2.06. The van der Waals surface area contributed by atoms with Crippen LogP contribution in [-0.4, -0.2) is 19.8 Å². The highest BCUT2D eigenvalue weighted by molar-refractivity contribution is 9.10. The topological polar surface area (TPSA) is 21.3 Å². The van der Waals surface area contributed by atoms with Crippen LogP contribution in [0.1, 0.15) is 12.5 Å². The van der Waals surface area contributed by atoms with E-state index >= 15 is 0 Å². The number of hydrogen-bond acceptors (Lipinski definition) is 2. The summed E-state index contributed by atoms with van der Waals surface area (Å²) in [5.74, 6) is -0.237. The van der Waals surface area contributed by atoms with Crippen LogP contribution < -0.4 is 5.32 Å². The van der Waals surface area contributed by atoms with Crippen LogP contribution in [0.25, 0.3) is 0 Å². The van der Waals surface area contributed by atoms with Gasteiger partial charge in [0.15, 0.2) is 0 Å². The van der Waals surface area contributed by atoms with E-state index in [0.29, 0.717) is 24.2 Å². The zero-order chi connectivity index (χ0) is 12.7. The molecule has 1 rings (SSSR count). The first-order valence-corrected chi connectivity index (χ1v) is 6.25. The molecule has 0 bridgehead atoms. The molecule has 2 nitrogen and oxygen atoms in total. The third kappa shape index (κ3) is 5.96. The van der Waals surface area contributed by atoms with E-state index in [4.69, 9.17) is 4.74 Å². The minimum Gasteiger partial charge on any atom is -0.376 e. The first kappa shape index (κ1) is 14.4. The zero-order valence-corrected chi connectivity index (χ0v) is 11.5. The minimum absolute atomic E-state index is 0.237. The smallest absolute Gasteiger partial charge is 0.137 e. The van der Waals surface area contributed by atoms with Gasteiger partial charge in [0.1, 0.15) is 5.82 Å². The molecular formula is C13H17BrFNO. The normalized spacial score (nSPS) is 10.5. The number of rotatable bonds is 7. The fourth-order valence-corrected chi connectivity index (χ4v) is 1.70. The second kappa shape index (κ2) is 7.58. The highest BCUT2D eigenvalue weighted by Gasteiger charge is 1.99. The van der Waals surface area contributed by atoms with Crippen LogP contribution in [-0.2, 0) is 11.3 Å². The van der Waals surface area contributed by atoms with Crippen molar-refractivity contribution in [3.8, 4) is 0 Å². The molecule has 0 amide bonds. The van der Waals surface area contributed by atoms with Crippen LogP contribution in [0, 0.1) is 5.82 Å². The second-order valence-corrected chi connectivity index (χ2v) is 4.79. The van der Waals surface area contributed by atoms with Crippen molar-refractivity contribution in [1.82, 2.24) is 5.32 Å². The van der Waals surface area contributed by atoms with E-state index in [1.54, 1.807) is 12.1 Å². The lowest BCUT2D eigenvalue weighted by Crippen LogP contribution is -2.19. The number of ether oxygens (including phenoxy) is 1. The van der Waals surface area contributed by atoms with Gasteiger partial charge in [0.05, 0.1) is 17.7 Å². The molecule has 0 aliphatic rings. The third-order valence-corrected chi connectivity index (χ3v) is 2.69. The Morgan fingerprint density at radius 1 is 1.53 bits per heavy atom. The maximum absolute atomic E-state index is 13.0. The average Bonchev–Trinajstić information content (AvgIpc) is 2.27. The maximum Gasteiger partial charge on any atom is 0.137 e. The van der Waals surface area contributed by atoms with Crippen LogP contribution in [0.3, 0.4) is 0 Å². The molecule has 0 saturated carbocycles. The molecule has 0 aliphatic heterocycles. The fourth-order valence-electron chi connectivity index (χ4n) is 1.27. The molecule has 0 atom stereocenters. The Labute approximate surface area is 110 Å². The third-order valence-electron chi connectivity index (χ3n) is 2.08. The van der Waals surface area contributed by atoms with Gasteiger partial charge in [-0.15, -0.1) is 0 Å². The highest BCUT2D eigenvalue weighted by atomic mass is 79.9. The van der Waals surface area contributed by atoms with Crippen LogP contribution in [0.15, 0.2) is 34.8 Å². The molecular weight excluding hydrogens is 285 g/mol. The van der Waals surface area contributed by atoms with Gasteiger partial charge >= 0.3 is 0 Å². The van der Waals surface area contributed by atoms with Gasteiger partial charge in [0.2, 0.25) is 0 Å². The molecule has 0 saturated heterocycles. The van der Waals surface area contributed by atoms with Gasteiger partial charge in [-0.25, -0.2) is 4.39 Å². The van der Waals surface area contributed by atoms with Crippen molar-refractivity contribution in [3.63, 3.8) is 0 Å². The molecule has 1 aromatic rings. The molecule has 1 N–H and O–H groups in total. The summed E-state index contributed by atoms with van der Waals surface area (Å²) in [6.07, 6.45) is 0. The van der Waals surface area contributed by atoms with Crippen molar-refractivity contribution in [3.05, 3.63) is 46.2 Å². The first-order chi connectivity index (χ1) is 8.09. The van der Waals surface area contributed by atoms with Crippen LogP contribution in [0.2, 0.25) is 0 Å². The highest BCUT2D eigenvalue weighted by Crippen LogP contribution is 2.16. The van der Waals surface area contributed by atoms with Crippen molar-refractivity contribution < 1.29 is 9.13 Å². The van der Waals surface area contributed by atoms with E-state index in [1.165, 1.54) is 6.07 Å². The van der Waals surface area contributed by atoms with Crippen LogP contribution in [0.5, 0.6) is 0 Å². The van der Waals surface area contributed by atoms with Crippen molar-refractivity contribution in [2.24, 2.45) is 0 Å². The van der Waals surface area contributed by atoms with E-state index in [0.717, 1.165) is 17.7 Å². The number of nitrogens with one attached hydrogen (secondary N) is 1. The van der Waals surface area contributed by atoms with Gasteiger partial charge in [-0.2, -0.15) is 0 Å². The molecule has 4 heteroatoms. The van der Waals surface area contributed by atoms with Gasteiger partial charge in [-0.1, -0.05) is 18.2 Å². The largest absolute Gasteiger partial charge is 0.376 e. The van der Waals surface area contributed by atoms with Gasteiger partial charge in [-0.05, 0) is 40.5 Å². The van der Waals surface area contributed by atoms with Gasteiger partial charge < -0.3 is 10.1 Å². The maximum atomic E-state index is 13.0. The lowest BCUT2D eigenvalue weighted by atomic mass is 10.2. The summed E-state index contributed by atoms with van der Waals surface area (Å²) in [6, 6.07) is 5.00. The van der Waals surface area contributed by atoms with Crippen molar-refractivity contribution >= 4 is 15.9 Å². The summed E-state index contributed by atoms with van der Waals surface area (Å²) < 4.78 is 18.8. The van der Waals surface area contributed by atoms with Crippen molar-refractivity contribution in [2.45, 2.75) is 13.5 Å². The molecule has 0 heterocycles. The standard InChI is InChI=1S/C13H17BrFNO/c1-10(2)9-17-6-5-16-8-11-3-4-13(15)12(14)7-11/h3-4,7,16H,1,5-6,8-9H2,2H3. The zero-order valence-electron chi connectivity index (χ0n) is 9.93. The summed E-state index contributed by atoms with van der Waals surface area (Å²) in [7, 11) is 0. The van der Waals surface area contributed by atoms with Gasteiger partial charge in [0.25, 0.3) is 0 Å². The number of halogens is 2. The Kier molecular flexibility index (Phi) is 6.40. The Balaban J connectivity index is 2.18. The van der Waals surface area contributed by atoms with Crippen molar-refractivity contribution in [1.29, 1.82) is 0 Å². The minimum atomic E-state index is -0.237. The summed E-state index contributed by atoms with van der Waals surface area (Å²) in [5, 5.41) is 3.22. The molecule has 17 heavy (non-hydrogen) atoms. The molecule has 0 spiro atoms. The summed E-state index contributed by atoms with van der Waals surface area (Å²) in [4.78, 5) is 0. The lowest BCUT2D eigenvalue weighted by Gasteiger charge is -2.06. The Hall–Kier alpha value is -0.710. The average molecular weight is 302 g/mol. The molecule has 0 unspecified atom stereocenters. The van der Waals surface area contributed by atoms with Gasteiger partial charge in [-0.3, -0.25) is 0 Å². The number of hydrogen-bond donors (Lipinski definition) is 1. The summed E-state index contributed by atoms with van der Waals surface area (Å²) in [6.45, 7) is 8.41. The monoisotopic (exact) mass is 301 g/mol. The molecule has 1 aromatic carbocycles. The second-order valence-electron chi connectivity index (χ2n) is 3.93. The van der Waals surface area contributed by atoms with E-state index < -0.39 is 0 Å². The molecule has 0 radical (unpaired) electrons. The molecule has 94 valence electrons. The van der Waals surface area contributed by atoms with E-state index in [1.807, 2.05) is 6.92 Å². The Morgan fingerprint density at radius 2 is 2.29 bits per heavy atom. The predicted octanol–water partition coefficient (Wildman–Crippen LogP) is 3.27. The summed E-state index contributed by atoms with van der Waals surface area (Å²) >= 11 is 3.16. The van der Waals surface area contributed by atoms with E-state index in [-0.39, 0.29) is 5.82 Å². The predicted molar refractivity (Wildman–Crippen MR) is 71.4 cm³/mol. The number of benzene rings is 1. The first-order valence-electron chi connectivity index (χ1n) is 5.46. The van der Waals surface area contributed by atoms with Crippen molar-refractivity contribution in [2.75, 3.05) is 19.8 Å². The Bertz CT molecular complexity index is 382. The lowest BCUT2D eigenvalue weighted by molar-refractivity contribution is 0.158.